The topological polar surface area (TPSA) is 177 Å². The van der Waals surface area contributed by atoms with Gasteiger partial charge in [0.15, 0.2) is 11.2 Å². The molecule has 0 aliphatic carbocycles. The van der Waals surface area contributed by atoms with Gasteiger partial charge < -0.3 is 25.4 Å². The Bertz CT molecular complexity index is 793. The Hall–Kier alpha value is -2.04. The van der Waals surface area contributed by atoms with E-state index in [9.17, 15) is 9.36 Å². The minimum Gasteiger partial charge on any atom is -0.393 e. The zero-order valence-electron chi connectivity index (χ0n) is 11.2. The van der Waals surface area contributed by atoms with Crippen molar-refractivity contribution in [3.8, 4) is 0 Å². The molecule has 0 bridgehead atoms. The lowest BCUT2D eigenvalue weighted by atomic mass is 10.4. The second-order valence-corrected chi connectivity index (χ2v) is 5.76. The van der Waals surface area contributed by atoms with Gasteiger partial charge in [0.05, 0.1) is 12.9 Å². The van der Waals surface area contributed by atoms with E-state index < -0.39 is 25.9 Å². The molecule has 2 rings (SSSR count). The summed E-state index contributed by atoms with van der Waals surface area (Å²) >= 11 is 0. The fourth-order valence-electron chi connectivity index (χ4n) is 1.62. The summed E-state index contributed by atoms with van der Waals surface area (Å²) < 4.78 is 17.4. The lowest BCUT2D eigenvalue weighted by Gasteiger charge is -2.12. The van der Waals surface area contributed by atoms with Crippen LogP contribution in [-0.2, 0) is 16.0 Å². The number of aromatic nitrogens is 4. The molecule has 0 spiro atoms. The number of nitrogen functional groups attached to an aromatic ring is 1. The third-order valence-corrected chi connectivity index (χ3v) is 3.16. The Morgan fingerprint density at radius 1 is 1.55 bits per heavy atom. The molecule has 2 heterocycles. The van der Waals surface area contributed by atoms with Gasteiger partial charge in [-0.15, -0.1) is 0 Å². The van der Waals surface area contributed by atoms with Crippen molar-refractivity contribution < 1.29 is 24.2 Å². The molecule has 2 aromatic rings. The highest BCUT2D eigenvalue weighted by molar-refractivity contribution is 7.55. The van der Waals surface area contributed by atoms with Crippen molar-refractivity contribution >= 4 is 24.7 Å². The zero-order valence-corrected chi connectivity index (χ0v) is 12.1. The summed E-state index contributed by atoms with van der Waals surface area (Å²) in [6.45, 7) is -0.637. The van der Waals surface area contributed by atoms with Crippen molar-refractivity contribution in [1.29, 1.82) is 0 Å². The zero-order chi connectivity index (χ0) is 16.3. The van der Waals surface area contributed by atoms with Gasteiger partial charge in [0.25, 0.3) is 5.56 Å². The minimum absolute atomic E-state index is 0.0732. The molecule has 0 amide bonds. The van der Waals surface area contributed by atoms with Crippen molar-refractivity contribution in [2.24, 2.45) is 0 Å². The van der Waals surface area contributed by atoms with Crippen molar-refractivity contribution in [2.75, 3.05) is 12.3 Å². The lowest BCUT2D eigenvalue weighted by Crippen LogP contribution is -2.18. The summed E-state index contributed by atoms with van der Waals surface area (Å²) in [5.74, 6) is 0.556. The molecule has 120 valence electrons. The van der Waals surface area contributed by atoms with Crippen LogP contribution in [0.1, 0.15) is 0 Å². The van der Waals surface area contributed by atoms with E-state index in [2.05, 4.69) is 15.0 Å². The molecule has 6 N–H and O–H groups in total. The Morgan fingerprint density at radius 2 is 2.27 bits per heavy atom. The van der Waals surface area contributed by atoms with Gasteiger partial charge in [-0.3, -0.25) is 18.9 Å². The van der Waals surface area contributed by atoms with Gasteiger partial charge in [-0.05, 0) is 6.08 Å². The number of rotatable bonds is 6. The smallest absolute Gasteiger partial charge is 0.348 e. The predicted molar refractivity (Wildman–Crippen MR) is 75.7 cm³/mol. The molecule has 1 unspecified atom stereocenters. The maximum absolute atomic E-state index is 11.6. The average Bonchev–Trinajstić information content (AvgIpc) is 2.81. The van der Waals surface area contributed by atoms with Crippen LogP contribution in [0.5, 0.6) is 0 Å². The molecule has 0 saturated heterocycles. The molecule has 0 radical (unpaired) electrons. The summed E-state index contributed by atoms with van der Waals surface area (Å²) in [5.41, 5.74) is 5.21. The molecule has 0 aliphatic heterocycles. The number of nitrogens with one attached hydrogen (secondary N) is 1. The molecule has 22 heavy (non-hydrogen) atoms. The second kappa shape index (κ2) is 6.38. The van der Waals surface area contributed by atoms with E-state index in [1.165, 1.54) is 10.9 Å². The maximum atomic E-state index is 11.6. The first-order valence-electron chi connectivity index (χ1n) is 5.98. The van der Waals surface area contributed by atoms with Crippen LogP contribution in [0.3, 0.4) is 0 Å². The molecule has 1 atom stereocenters. The van der Waals surface area contributed by atoms with Crippen LogP contribution in [-0.4, -0.2) is 47.1 Å². The summed E-state index contributed by atoms with van der Waals surface area (Å²) in [6, 6.07) is 0. The fraction of sp³-hybridized carbons (Fsp3) is 0.300. The average molecular weight is 331 g/mol. The van der Waals surface area contributed by atoms with Crippen LogP contribution in [0, 0.1) is 0 Å². The molecule has 12 heteroatoms. The van der Waals surface area contributed by atoms with E-state index in [4.69, 9.17) is 25.4 Å². The number of aliphatic hydroxyl groups excluding tert-OH is 1. The van der Waals surface area contributed by atoms with Gasteiger partial charge in [0.1, 0.15) is 12.8 Å². The number of fused-ring (bicyclic) bond motifs is 1. The molecular weight excluding hydrogens is 317 g/mol. The first kappa shape index (κ1) is 16.3. The molecule has 11 nitrogen and oxygen atoms in total. The van der Waals surface area contributed by atoms with E-state index in [1.807, 2.05) is 0 Å². The van der Waals surface area contributed by atoms with Gasteiger partial charge in [-0.1, -0.05) is 0 Å². The molecule has 2 aromatic heterocycles. The Morgan fingerprint density at radius 3 is 2.91 bits per heavy atom. The van der Waals surface area contributed by atoms with E-state index in [-0.39, 0.29) is 23.8 Å². The van der Waals surface area contributed by atoms with E-state index in [1.54, 1.807) is 0 Å². The van der Waals surface area contributed by atoms with E-state index in [0.29, 0.717) is 5.82 Å². The summed E-state index contributed by atoms with van der Waals surface area (Å²) in [5, 5.41) is 9.11. The van der Waals surface area contributed by atoms with Crippen LogP contribution >= 0.6 is 7.60 Å². The fourth-order valence-corrected chi connectivity index (χ4v) is 2.03. The summed E-state index contributed by atoms with van der Waals surface area (Å²) in [7, 11) is -4.33. The normalized spacial score (nSPS) is 14.0. The van der Waals surface area contributed by atoms with Crippen molar-refractivity contribution in [2.45, 2.75) is 12.8 Å². The molecule has 0 saturated carbocycles. The number of hydrogen-bond acceptors (Lipinski definition) is 7. The number of ether oxygens (including phenoxy) is 1. The molecular formula is C10H14N5O6P. The van der Waals surface area contributed by atoms with Crippen molar-refractivity contribution in [3.05, 3.63) is 28.6 Å². The highest BCUT2D eigenvalue weighted by atomic mass is 31.2. The highest BCUT2D eigenvalue weighted by Crippen LogP contribution is 2.36. The van der Waals surface area contributed by atoms with Gasteiger partial charge in [0.2, 0.25) is 5.95 Å². The summed E-state index contributed by atoms with van der Waals surface area (Å²) in [6.07, 6.45) is 1.41. The largest absolute Gasteiger partial charge is 0.393 e. The van der Waals surface area contributed by atoms with Crippen LogP contribution < -0.4 is 11.3 Å². The van der Waals surface area contributed by atoms with Crippen LogP contribution in [0.4, 0.5) is 5.95 Å². The SMILES string of the molecule is Nc1nc2c(ncn2COC(/C=C/P(=O)(O)O)CO)c(=O)[nH]1. The van der Waals surface area contributed by atoms with Gasteiger partial charge in [-0.25, -0.2) is 4.98 Å². The number of anilines is 1. The number of nitrogens with two attached hydrogens (primary N) is 1. The number of imidazole rings is 1. The first-order chi connectivity index (χ1) is 10.3. The van der Waals surface area contributed by atoms with Crippen LogP contribution in [0.25, 0.3) is 11.2 Å². The standard InChI is InChI=1S/C10H14N5O6P/c11-10-13-8-7(9(17)14-10)12-4-15(8)5-21-6(3-16)1-2-22(18,19)20/h1-2,4,6,16H,3,5H2,(H2,18,19,20)(H3,11,13,14,17)/b2-1+. The van der Waals surface area contributed by atoms with Gasteiger partial charge in [0, 0.05) is 5.82 Å². The number of nitrogens with zero attached hydrogens (tertiary/aromatic N) is 3. The van der Waals surface area contributed by atoms with Crippen LogP contribution in [0.2, 0.25) is 0 Å². The quantitative estimate of drug-likeness (QED) is 0.404. The number of aromatic amines is 1. The Labute approximate surface area is 123 Å². The molecule has 0 aromatic carbocycles. The van der Waals surface area contributed by atoms with Crippen molar-refractivity contribution in [1.82, 2.24) is 19.5 Å². The van der Waals surface area contributed by atoms with Crippen LogP contribution in [0.15, 0.2) is 23.0 Å². The molecule has 0 aliphatic rings. The van der Waals surface area contributed by atoms with Gasteiger partial charge >= 0.3 is 7.60 Å². The number of H-pyrrole nitrogens is 1. The second-order valence-electron chi connectivity index (χ2n) is 4.29. The Balaban J connectivity index is 2.16. The molecule has 0 fully saturated rings. The predicted octanol–water partition coefficient (Wildman–Crippen LogP) is -1.27. The Kier molecular flexibility index (Phi) is 4.74. The van der Waals surface area contributed by atoms with E-state index in [0.717, 1.165) is 6.08 Å². The van der Waals surface area contributed by atoms with Gasteiger partial charge in [-0.2, -0.15) is 4.98 Å². The van der Waals surface area contributed by atoms with E-state index >= 15 is 0 Å². The first-order valence-corrected chi connectivity index (χ1v) is 7.66. The lowest BCUT2D eigenvalue weighted by molar-refractivity contribution is 0.00468. The van der Waals surface area contributed by atoms with Crippen molar-refractivity contribution in [3.63, 3.8) is 0 Å². The third kappa shape index (κ3) is 4.00. The summed E-state index contributed by atoms with van der Waals surface area (Å²) in [4.78, 5) is 39.1. The number of aliphatic hydroxyl groups is 1. The maximum Gasteiger partial charge on any atom is 0.348 e. The minimum atomic E-state index is -4.33. The highest BCUT2D eigenvalue weighted by Gasteiger charge is 2.12. The third-order valence-electron chi connectivity index (χ3n) is 2.60. The number of hydrogen-bond donors (Lipinski definition) is 5. The monoisotopic (exact) mass is 331 g/mol.